The van der Waals surface area contributed by atoms with Gasteiger partial charge in [-0.3, -0.25) is 9.59 Å². The molecule has 1 N–H and O–H groups in total. The third-order valence-electron chi connectivity index (χ3n) is 5.79. The fourth-order valence-corrected chi connectivity index (χ4v) is 3.84. The number of benzene rings is 2. The molecular weight excluding hydrogens is 376 g/mol. The fraction of sp³-hybridized carbons (Fsp3) is 0.440. The summed E-state index contributed by atoms with van der Waals surface area (Å²) in [4.78, 5) is 27.2. The number of amides is 2. The van der Waals surface area contributed by atoms with Gasteiger partial charge in [-0.1, -0.05) is 42.0 Å². The first kappa shape index (κ1) is 20.6. The van der Waals surface area contributed by atoms with Crippen molar-refractivity contribution in [3.05, 3.63) is 65.2 Å². The van der Waals surface area contributed by atoms with Crippen LogP contribution in [-0.4, -0.2) is 31.1 Å². The number of anilines is 1. The Bertz CT molecular complexity index is 884. The lowest BCUT2D eigenvalue weighted by molar-refractivity contribution is -0.121. The molecule has 2 aromatic rings. The van der Waals surface area contributed by atoms with Gasteiger partial charge in [-0.05, 0) is 55.9 Å². The van der Waals surface area contributed by atoms with Gasteiger partial charge in [0.25, 0.3) is 0 Å². The normalized spacial score (nSPS) is 18.2. The summed E-state index contributed by atoms with van der Waals surface area (Å²) in [7, 11) is 0. The van der Waals surface area contributed by atoms with Crippen molar-refractivity contribution >= 4 is 17.5 Å². The van der Waals surface area contributed by atoms with Gasteiger partial charge in [0.15, 0.2) is 0 Å². The van der Waals surface area contributed by atoms with Crippen LogP contribution in [0.15, 0.2) is 48.5 Å². The van der Waals surface area contributed by atoms with Crippen LogP contribution in [-0.2, 0) is 27.3 Å². The van der Waals surface area contributed by atoms with E-state index in [0.29, 0.717) is 19.5 Å². The van der Waals surface area contributed by atoms with Gasteiger partial charge < -0.3 is 15.0 Å². The quantitative estimate of drug-likeness (QED) is 0.726. The van der Waals surface area contributed by atoms with Crippen LogP contribution in [0, 0.1) is 12.8 Å². The van der Waals surface area contributed by atoms with Crippen molar-refractivity contribution in [3.8, 4) is 0 Å². The lowest BCUT2D eigenvalue weighted by Crippen LogP contribution is -2.33. The van der Waals surface area contributed by atoms with Crippen molar-refractivity contribution in [2.75, 3.05) is 18.1 Å². The highest BCUT2D eigenvalue weighted by Gasteiger charge is 2.34. The zero-order valence-electron chi connectivity index (χ0n) is 17.6. The maximum atomic E-state index is 13.0. The average Bonchev–Trinajstić information content (AvgIpc) is 3.47. The first-order valence-electron chi connectivity index (χ1n) is 10.9. The third kappa shape index (κ3) is 5.48. The summed E-state index contributed by atoms with van der Waals surface area (Å²) in [6.45, 7) is 3.96. The number of carbonyl (C=O) groups excluding carboxylic acids is 2. The van der Waals surface area contributed by atoms with Crippen molar-refractivity contribution in [1.82, 2.24) is 5.32 Å². The number of rotatable bonds is 8. The van der Waals surface area contributed by atoms with Crippen LogP contribution in [0.3, 0.4) is 0 Å². The van der Waals surface area contributed by atoms with E-state index in [0.717, 1.165) is 49.1 Å². The number of hydrogen-bond donors (Lipinski definition) is 1. The Balaban J connectivity index is 1.44. The van der Waals surface area contributed by atoms with Gasteiger partial charge in [0, 0.05) is 24.8 Å². The highest BCUT2D eigenvalue weighted by Crippen LogP contribution is 2.33. The van der Waals surface area contributed by atoms with Crippen LogP contribution in [0.5, 0.6) is 0 Å². The standard InChI is InChI=1S/C25H30N2O3/c1-18-7-9-19(10-8-18)17-27(25(29)21-11-12-21)22-5-2-4-20(14-22)15-24(28)26-16-23-6-3-13-30-23/h2,4-5,7-10,14,21,23H,3,6,11-13,15-17H2,1H3,(H,26,28). The third-order valence-corrected chi connectivity index (χ3v) is 5.79. The van der Waals surface area contributed by atoms with E-state index in [2.05, 4.69) is 36.5 Å². The van der Waals surface area contributed by atoms with E-state index in [-0.39, 0.29) is 23.8 Å². The van der Waals surface area contributed by atoms with Crippen molar-refractivity contribution in [1.29, 1.82) is 0 Å². The number of nitrogens with one attached hydrogen (secondary N) is 1. The van der Waals surface area contributed by atoms with E-state index in [1.807, 2.05) is 29.2 Å². The summed E-state index contributed by atoms with van der Waals surface area (Å²) in [6.07, 6.45) is 4.45. The first-order valence-corrected chi connectivity index (χ1v) is 10.9. The Hall–Kier alpha value is -2.66. The highest BCUT2D eigenvalue weighted by molar-refractivity contribution is 5.96. The molecule has 0 aromatic heterocycles. The molecular formula is C25H30N2O3. The van der Waals surface area contributed by atoms with E-state index in [9.17, 15) is 9.59 Å². The van der Waals surface area contributed by atoms with E-state index < -0.39 is 0 Å². The number of carbonyl (C=O) groups is 2. The van der Waals surface area contributed by atoms with Crippen LogP contribution in [0.2, 0.25) is 0 Å². The summed E-state index contributed by atoms with van der Waals surface area (Å²) in [5.41, 5.74) is 4.08. The second-order valence-electron chi connectivity index (χ2n) is 8.47. The van der Waals surface area contributed by atoms with Crippen molar-refractivity contribution in [2.45, 2.75) is 51.7 Å². The predicted octanol–water partition coefficient (Wildman–Crippen LogP) is 3.78. The molecule has 1 unspecified atom stereocenters. The molecule has 2 amide bonds. The Morgan fingerprint density at radius 3 is 2.57 bits per heavy atom. The number of hydrogen-bond acceptors (Lipinski definition) is 3. The Kier molecular flexibility index (Phi) is 6.48. The summed E-state index contributed by atoms with van der Waals surface area (Å²) < 4.78 is 5.56. The summed E-state index contributed by atoms with van der Waals surface area (Å²) in [5, 5.41) is 2.97. The Labute approximate surface area is 178 Å². The van der Waals surface area contributed by atoms with Crippen LogP contribution >= 0.6 is 0 Å². The molecule has 5 heteroatoms. The van der Waals surface area contributed by atoms with E-state index >= 15 is 0 Å². The zero-order valence-corrected chi connectivity index (χ0v) is 17.6. The largest absolute Gasteiger partial charge is 0.376 e. The molecule has 1 aliphatic carbocycles. The van der Waals surface area contributed by atoms with E-state index in [1.54, 1.807) is 0 Å². The molecule has 2 aliphatic rings. The molecule has 1 atom stereocenters. The molecule has 0 radical (unpaired) electrons. The molecule has 30 heavy (non-hydrogen) atoms. The molecule has 158 valence electrons. The van der Waals surface area contributed by atoms with Gasteiger partial charge in [0.1, 0.15) is 0 Å². The smallest absolute Gasteiger partial charge is 0.230 e. The van der Waals surface area contributed by atoms with Gasteiger partial charge in [-0.2, -0.15) is 0 Å². The summed E-state index contributed by atoms with van der Waals surface area (Å²) in [6, 6.07) is 16.1. The molecule has 4 rings (SSSR count). The van der Waals surface area contributed by atoms with Crippen LogP contribution in [0.25, 0.3) is 0 Å². The molecule has 2 aromatic carbocycles. The Morgan fingerprint density at radius 2 is 1.87 bits per heavy atom. The number of nitrogens with zero attached hydrogens (tertiary/aromatic N) is 1. The minimum absolute atomic E-state index is 0.0127. The molecule has 1 saturated carbocycles. The summed E-state index contributed by atoms with van der Waals surface area (Å²) >= 11 is 0. The minimum atomic E-state index is -0.0127. The molecule has 0 bridgehead atoms. The average molecular weight is 407 g/mol. The maximum absolute atomic E-state index is 13.0. The first-order chi connectivity index (χ1) is 14.6. The van der Waals surface area contributed by atoms with Crippen LogP contribution < -0.4 is 10.2 Å². The second-order valence-corrected chi connectivity index (χ2v) is 8.47. The van der Waals surface area contributed by atoms with Gasteiger partial charge >= 0.3 is 0 Å². The zero-order chi connectivity index (χ0) is 20.9. The molecule has 5 nitrogen and oxygen atoms in total. The van der Waals surface area contributed by atoms with Gasteiger partial charge in [0.2, 0.25) is 11.8 Å². The lowest BCUT2D eigenvalue weighted by Gasteiger charge is -2.24. The van der Waals surface area contributed by atoms with Crippen molar-refractivity contribution in [3.63, 3.8) is 0 Å². The topological polar surface area (TPSA) is 58.6 Å². The molecule has 2 fully saturated rings. The minimum Gasteiger partial charge on any atom is -0.376 e. The summed E-state index contributed by atoms with van der Waals surface area (Å²) in [5.74, 6) is 0.297. The monoisotopic (exact) mass is 406 g/mol. The highest BCUT2D eigenvalue weighted by atomic mass is 16.5. The molecule has 1 aliphatic heterocycles. The lowest BCUT2D eigenvalue weighted by atomic mass is 10.1. The molecule has 1 heterocycles. The Morgan fingerprint density at radius 1 is 1.07 bits per heavy atom. The molecule has 1 saturated heterocycles. The predicted molar refractivity (Wildman–Crippen MR) is 117 cm³/mol. The number of ether oxygens (including phenoxy) is 1. The van der Waals surface area contributed by atoms with Gasteiger partial charge in [-0.25, -0.2) is 0 Å². The van der Waals surface area contributed by atoms with Crippen molar-refractivity contribution < 1.29 is 14.3 Å². The van der Waals surface area contributed by atoms with E-state index in [4.69, 9.17) is 4.74 Å². The van der Waals surface area contributed by atoms with Crippen molar-refractivity contribution in [2.24, 2.45) is 5.92 Å². The van der Waals surface area contributed by atoms with Crippen LogP contribution in [0.1, 0.15) is 42.4 Å². The fourth-order valence-electron chi connectivity index (χ4n) is 3.84. The maximum Gasteiger partial charge on any atom is 0.230 e. The SMILES string of the molecule is Cc1ccc(CN(C(=O)C2CC2)c2cccc(CC(=O)NCC3CCCO3)c2)cc1. The van der Waals surface area contributed by atoms with E-state index in [1.165, 1.54) is 5.56 Å². The number of aryl methyl sites for hydroxylation is 1. The molecule has 0 spiro atoms. The van der Waals surface area contributed by atoms with Gasteiger partial charge in [0.05, 0.1) is 19.1 Å². The van der Waals surface area contributed by atoms with Crippen LogP contribution in [0.4, 0.5) is 5.69 Å². The second kappa shape index (κ2) is 9.43. The van der Waals surface area contributed by atoms with Gasteiger partial charge in [-0.15, -0.1) is 0 Å².